The van der Waals surface area contributed by atoms with Gasteiger partial charge in [-0.2, -0.15) is 0 Å². The van der Waals surface area contributed by atoms with Crippen LogP contribution in [-0.2, 0) is 61.7 Å². The molecule has 0 aromatic carbocycles. The van der Waals surface area contributed by atoms with Gasteiger partial charge in [0.1, 0.15) is 48.6 Å². The second-order valence-electron chi connectivity index (χ2n) is 18.2. The molecule has 4 fully saturated rings. The number of aliphatic hydroxyl groups is 2. The van der Waals surface area contributed by atoms with E-state index >= 15 is 0 Å². The number of fused-ring (bicyclic) bond motifs is 2. The molecule has 1 amide bonds. The van der Waals surface area contributed by atoms with Crippen LogP contribution in [0.25, 0.3) is 0 Å². The van der Waals surface area contributed by atoms with E-state index in [1.54, 1.807) is 33.3 Å². The average Bonchev–Trinajstić information content (AvgIpc) is 3.57. The molecular weight excluding hydrogens is 806 g/mol. The number of methoxy groups -OCH3 is 2. The van der Waals surface area contributed by atoms with E-state index in [0.29, 0.717) is 49.9 Å². The van der Waals surface area contributed by atoms with E-state index in [0.717, 1.165) is 5.57 Å². The Morgan fingerprint density at radius 1 is 0.935 bits per heavy atom. The Labute approximate surface area is 364 Å². The van der Waals surface area contributed by atoms with Crippen molar-refractivity contribution >= 4 is 11.9 Å². The maximum atomic E-state index is 14.2. The smallest absolute Gasteiger partial charge is 0.316 e. The molecule has 7 rings (SSSR count). The van der Waals surface area contributed by atoms with Gasteiger partial charge in [0.05, 0.1) is 49.8 Å². The average molecular weight is 874 g/mol. The topological polar surface area (TPSA) is 202 Å². The third-order valence-electron chi connectivity index (χ3n) is 13.4. The lowest BCUT2D eigenvalue weighted by Crippen LogP contribution is -2.58. The predicted molar refractivity (Wildman–Crippen MR) is 222 cm³/mol. The highest BCUT2D eigenvalue weighted by atomic mass is 16.7. The molecule has 4 N–H and O–H groups in total. The van der Waals surface area contributed by atoms with Gasteiger partial charge >= 0.3 is 5.97 Å². The van der Waals surface area contributed by atoms with Crippen LogP contribution in [0.1, 0.15) is 73.6 Å². The van der Waals surface area contributed by atoms with E-state index in [-0.39, 0.29) is 31.2 Å². The number of esters is 1. The summed E-state index contributed by atoms with van der Waals surface area (Å²) in [6.45, 7) is 11.8. The number of primary amides is 1. The van der Waals surface area contributed by atoms with Crippen molar-refractivity contribution in [1.29, 1.82) is 0 Å². The van der Waals surface area contributed by atoms with Crippen molar-refractivity contribution in [2.24, 2.45) is 23.5 Å². The molecule has 2 bridgehead atoms. The summed E-state index contributed by atoms with van der Waals surface area (Å²) in [5.41, 5.74) is 5.41. The van der Waals surface area contributed by atoms with E-state index in [1.165, 1.54) is 0 Å². The summed E-state index contributed by atoms with van der Waals surface area (Å²) in [5, 5.41) is 23.6. The summed E-state index contributed by atoms with van der Waals surface area (Å²) in [6, 6.07) is 0. The van der Waals surface area contributed by atoms with Crippen LogP contribution < -0.4 is 5.73 Å². The Hall–Kier alpha value is -2.84. The first-order valence-electron chi connectivity index (χ1n) is 22.1. The van der Waals surface area contributed by atoms with Crippen LogP contribution in [0.5, 0.6) is 0 Å². The van der Waals surface area contributed by atoms with Crippen molar-refractivity contribution in [2.75, 3.05) is 34.0 Å². The molecule has 346 valence electrons. The molecule has 18 atom stereocenters. The largest absolute Gasteiger partial charge is 0.462 e. The number of allylic oxidation sites excluding steroid dienone is 2. The van der Waals surface area contributed by atoms with Gasteiger partial charge in [-0.05, 0) is 62.8 Å². The van der Waals surface area contributed by atoms with E-state index < -0.39 is 103 Å². The van der Waals surface area contributed by atoms with Gasteiger partial charge in [-0.1, -0.05) is 50.3 Å². The van der Waals surface area contributed by atoms with Crippen LogP contribution in [0, 0.1) is 17.8 Å². The number of carbonyl (C=O) groups excluding carboxylic acids is 2. The molecule has 6 aliphatic heterocycles. The molecule has 7 aliphatic rings. The molecule has 0 unspecified atom stereocenters. The summed E-state index contributed by atoms with van der Waals surface area (Å²) >= 11 is 0. The summed E-state index contributed by atoms with van der Waals surface area (Å²) in [6.07, 6.45) is 7.57. The summed E-state index contributed by atoms with van der Waals surface area (Å²) in [7, 11) is 3.21. The van der Waals surface area contributed by atoms with Crippen molar-refractivity contribution in [1.82, 2.24) is 0 Å². The summed E-state index contributed by atoms with van der Waals surface area (Å²) in [5.74, 6) is -3.37. The van der Waals surface area contributed by atoms with E-state index in [4.69, 9.17) is 57.8 Å². The maximum Gasteiger partial charge on any atom is 0.316 e. The lowest BCUT2D eigenvalue weighted by molar-refractivity contribution is -0.320. The Morgan fingerprint density at radius 2 is 1.63 bits per heavy atom. The van der Waals surface area contributed by atoms with Gasteiger partial charge in [0, 0.05) is 45.8 Å². The SMILES string of the molecule is CO[C@H]1C[C@H](O[C@H]2[C@H](C)O[C@@H](O[C@@H]3/C(C)=C/C[C@@H]4C[C@@H](C[C@]5(C=C[C@H](C)CO5)O4)OC(=O)[C@@H]4C=C(C)[C@@H](O)[C@H]5OC/C(=C\C=C\[C@@H]3C)[C@]54O)C[C@@H]2OC)O[C@@H](C)[C@@H]1OCC(N)=O. The van der Waals surface area contributed by atoms with Crippen molar-refractivity contribution in [3.63, 3.8) is 0 Å². The first-order valence-corrected chi connectivity index (χ1v) is 22.1. The van der Waals surface area contributed by atoms with Crippen LogP contribution in [0.3, 0.4) is 0 Å². The standard InChI is InChI=1S/C46H67NO15/c1-24-14-15-45(56-21-24)20-32-17-31(62-45)13-12-26(3)40(25(2)10-9-11-30-22-55-43-39(49)27(4)16-33(44(50)59-32)46(30,43)51)60-37-19-35(53-8)42(29(6)58-37)61-38-18-34(52-7)41(28(5)57-38)54-23-36(47)48/h9-12,14-16,24-25,28-29,31-35,37-43,49,51H,13,17-23H2,1-8H3,(H2,47,48)/b10-9+,26-12+,30-11+/t24-,25-,28-,29-,31+,32-,33-,34-,35-,37-,38-,39+,40-,41-,42-,43+,45-,46+/m0/s1. The third kappa shape index (κ3) is 10.0. The first-order chi connectivity index (χ1) is 29.5. The highest BCUT2D eigenvalue weighted by Gasteiger charge is 2.60. The van der Waals surface area contributed by atoms with Gasteiger partial charge < -0.3 is 68.1 Å². The number of rotatable bonds is 9. The highest BCUT2D eigenvalue weighted by molar-refractivity contribution is 5.78. The number of carbonyl (C=O) groups is 2. The lowest BCUT2D eigenvalue weighted by Gasteiger charge is -2.45. The fourth-order valence-corrected chi connectivity index (χ4v) is 10.0. The number of hydrogen-bond donors (Lipinski definition) is 3. The summed E-state index contributed by atoms with van der Waals surface area (Å²) in [4.78, 5) is 25.6. The highest BCUT2D eigenvalue weighted by Crippen LogP contribution is 2.46. The Bertz CT molecular complexity index is 1760. The molecule has 1 spiro atoms. The monoisotopic (exact) mass is 873 g/mol. The van der Waals surface area contributed by atoms with Gasteiger partial charge in [0.25, 0.3) is 0 Å². The minimum Gasteiger partial charge on any atom is -0.462 e. The van der Waals surface area contributed by atoms with Gasteiger partial charge in [0.15, 0.2) is 18.4 Å². The third-order valence-corrected chi connectivity index (χ3v) is 13.4. The molecule has 62 heavy (non-hydrogen) atoms. The lowest BCUT2D eigenvalue weighted by atomic mass is 9.71. The van der Waals surface area contributed by atoms with E-state index in [2.05, 4.69) is 19.1 Å². The van der Waals surface area contributed by atoms with Crippen molar-refractivity contribution in [3.8, 4) is 0 Å². The Kier molecular flexibility index (Phi) is 15.0. The minimum atomic E-state index is -1.84. The number of nitrogens with two attached hydrogens (primary N) is 1. The number of amides is 1. The normalized spacial score (nSPS) is 47.3. The van der Waals surface area contributed by atoms with Crippen molar-refractivity contribution in [3.05, 3.63) is 59.3 Å². The number of hydrogen-bond acceptors (Lipinski definition) is 15. The Morgan fingerprint density at radius 3 is 2.31 bits per heavy atom. The van der Waals surface area contributed by atoms with Crippen molar-refractivity contribution < 1.29 is 71.9 Å². The maximum absolute atomic E-state index is 14.2. The molecule has 0 aromatic heterocycles. The number of aliphatic hydroxyl groups excluding tert-OH is 1. The fourth-order valence-electron chi connectivity index (χ4n) is 10.0. The predicted octanol–water partition coefficient (Wildman–Crippen LogP) is 3.47. The summed E-state index contributed by atoms with van der Waals surface area (Å²) < 4.78 is 68.9. The molecule has 0 radical (unpaired) electrons. The second-order valence-corrected chi connectivity index (χ2v) is 18.2. The molecule has 16 nitrogen and oxygen atoms in total. The molecule has 16 heteroatoms. The zero-order valence-corrected chi connectivity index (χ0v) is 37.2. The fraction of sp³-hybridized carbons (Fsp3) is 0.739. The van der Waals surface area contributed by atoms with Crippen LogP contribution in [0.4, 0.5) is 0 Å². The molecule has 1 aliphatic carbocycles. The van der Waals surface area contributed by atoms with Crippen LogP contribution in [0.15, 0.2) is 59.3 Å². The quantitative estimate of drug-likeness (QED) is 0.224. The molecule has 0 aromatic rings. The van der Waals surface area contributed by atoms with Crippen molar-refractivity contribution in [2.45, 2.75) is 165 Å². The van der Waals surface area contributed by atoms with E-state index in [9.17, 15) is 19.8 Å². The second kappa shape index (κ2) is 19.7. The van der Waals surface area contributed by atoms with Gasteiger partial charge in [-0.15, -0.1) is 0 Å². The Balaban J connectivity index is 1.13. The molecule has 0 saturated carbocycles. The van der Waals surface area contributed by atoms with Gasteiger partial charge in [-0.25, -0.2) is 0 Å². The van der Waals surface area contributed by atoms with Crippen LogP contribution >= 0.6 is 0 Å². The van der Waals surface area contributed by atoms with Gasteiger partial charge in [-0.3, -0.25) is 9.59 Å². The molecule has 4 saturated heterocycles. The first kappa shape index (κ1) is 47.1. The van der Waals surface area contributed by atoms with Crippen LogP contribution in [-0.4, -0.2) is 147 Å². The molecule has 6 heterocycles. The zero-order valence-electron chi connectivity index (χ0n) is 37.2. The van der Waals surface area contributed by atoms with Crippen LogP contribution in [0.2, 0.25) is 0 Å². The zero-order chi connectivity index (χ0) is 44.5. The van der Waals surface area contributed by atoms with E-state index in [1.807, 2.05) is 45.9 Å². The minimum absolute atomic E-state index is 0.0238. The number of ether oxygens (including phenoxy) is 11. The van der Waals surface area contributed by atoms with Gasteiger partial charge in [0.2, 0.25) is 5.91 Å². The molecular formula is C46H67NO15.